The second-order valence-electron chi connectivity index (χ2n) is 4.20. The third-order valence-electron chi connectivity index (χ3n) is 2.82. The number of carbonyl (C=O) groups excluding carboxylic acids is 1. The van der Waals surface area contributed by atoms with Gasteiger partial charge in [-0.25, -0.2) is 4.39 Å². The van der Waals surface area contributed by atoms with Crippen LogP contribution in [0.15, 0.2) is 40.9 Å². The van der Waals surface area contributed by atoms with Crippen LogP contribution in [0.25, 0.3) is 0 Å². The van der Waals surface area contributed by atoms with Gasteiger partial charge in [0.1, 0.15) is 11.6 Å². The van der Waals surface area contributed by atoms with Gasteiger partial charge in [0.05, 0.1) is 16.6 Å². The van der Waals surface area contributed by atoms with Crippen LogP contribution in [0.2, 0.25) is 5.02 Å². The highest BCUT2D eigenvalue weighted by atomic mass is 79.9. The highest BCUT2D eigenvalue weighted by Crippen LogP contribution is 2.26. The zero-order valence-electron chi connectivity index (χ0n) is 10.6. The second kappa shape index (κ2) is 6.37. The fraction of sp³-hybridized carbons (Fsp3) is 0.133. The Bertz CT molecular complexity index is 658. The van der Waals surface area contributed by atoms with Gasteiger partial charge in [0.25, 0.3) is 0 Å². The van der Waals surface area contributed by atoms with Crippen LogP contribution < -0.4 is 4.74 Å². The number of benzene rings is 2. The summed E-state index contributed by atoms with van der Waals surface area (Å²) in [5, 5.41) is 0.00809. The molecule has 0 bridgehead atoms. The Labute approximate surface area is 129 Å². The minimum Gasteiger partial charge on any atom is -0.496 e. The number of carbonyl (C=O) groups is 1. The molecule has 0 heterocycles. The van der Waals surface area contributed by atoms with E-state index in [4.69, 9.17) is 16.3 Å². The van der Waals surface area contributed by atoms with Gasteiger partial charge in [-0.2, -0.15) is 0 Å². The van der Waals surface area contributed by atoms with Crippen molar-refractivity contribution in [3.63, 3.8) is 0 Å². The molecule has 0 amide bonds. The van der Waals surface area contributed by atoms with Gasteiger partial charge in [0.15, 0.2) is 5.78 Å². The van der Waals surface area contributed by atoms with E-state index in [0.29, 0.717) is 11.3 Å². The van der Waals surface area contributed by atoms with Crippen LogP contribution in [0.3, 0.4) is 0 Å². The summed E-state index contributed by atoms with van der Waals surface area (Å²) in [6, 6.07) is 9.44. The lowest BCUT2D eigenvalue weighted by molar-refractivity contribution is 0.0992. The van der Waals surface area contributed by atoms with Crippen molar-refractivity contribution >= 4 is 33.3 Å². The molecule has 2 rings (SSSR count). The van der Waals surface area contributed by atoms with Gasteiger partial charge in [-0.05, 0) is 51.8 Å². The molecule has 0 aromatic heterocycles. The molecule has 20 heavy (non-hydrogen) atoms. The average Bonchev–Trinajstić information content (AvgIpc) is 2.42. The molecule has 0 N–H and O–H groups in total. The first kappa shape index (κ1) is 15.0. The molecule has 0 radical (unpaired) electrons. The lowest BCUT2D eigenvalue weighted by atomic mass is 10.0. The van der Waals surface area contributed by atoms with Crippen LogP contribution in [-0.2, 0) is 6.42 Å². The van der Waals surface area contributed by atoms with Gasteiger partial charge in [-0.3, -0.25) is 4.79 Å². The maximum atomic E-state index is 13.3. The molecule has 0 fully saturated rings. The Morgan fingerprint density at radius 1 is 1.30 bits per heavy atom. The molecular formula is C15H11BrClFO2. The van der Waals surface area contributed by atoms with Gasteiger partial charge in [-0.1, -0.05) is 17.7 Å². The van der Waals surface area contributed by atoms with Gasteiger partial charge >= 0.3 is 0 Å². The Morgan fingerprint density at radius 3 is 2.65 bits per heavy atom. The molecule has 2 nitrogen and oxygen atoms in total. The molecule has 0 saturated heterocycles. The quantitative estimate of drug-likeness (QED) is 0.743. The summed E-state index contributed by atoms with van der Waals surface area (Å²) in [6.07, 6.45) is 0.184. The predicted molar refractivity (Wildman–Crippen MR) is 80.1 cm³/mol. The number of hydrogen-bond donors (Lipinski definition) is 0. The Morgan fingerprint density at radius 2 is 2.05 bits per heavy atom. The number of halogens is 3. The third-order valence-corrected chi connectivity index (χ3v) is 3.75. The monoisotopic (exact) mass is 356 g/mol. The molecule has 0 saturated carbocycles. The van der Waals surface area contributed by atoms with Crippen LogP contribution in [0.1, 0.15) is 15.9 Å². The van der Waals surface area contributed by atoms with E-state index in [0.717, 1.165) is 16.1 Å². The molecule has 5 heteroatoms. The first-order valence-corrected chi connectivity index (χ1v) is 6.99. The van der Waals surface area contributed by atoms with E-state index < -0.39 is 5.82 Å². The van der Waals surface area contributed by atoms with Crippen LogP contribution in [0.5, 0.6) is 5.75 Å². The van der Waals surface area contributed by atoms with Crippen molar-refractivity contribution in [1.29, 1.82) is 0 Å². The second-order valence-corrected chi connectivity index (χ2v) is 5.46. The van der Waals surface area contributed by atoms with Crippen molar-refractivity contribution in [2.24, 2.45) is 0 Å². The fourth-order valence-electron chi connectivity index (χ4n) is 1.78. The molecule has 0 aliphatic heterocycles. The zero-order valence-corrected chi connectivity index (χ0v) is 13.0. The Kier molecular flexibility index (Phi) is 4.78. The molecule has 0 unspecified atom stereocenters. The van der Waals surface area contributed by atoms with Crippen LogP contribution in [0.4, 0.5) is 4.39 Å². The predicted octanol–water partition coefficient (Wildman–Crippen LogP) is 4.68. The van der Waals surface area contributed by atoms with Crippen LogP contribution >= 0.6 is 27.5 Å². The highest BCUT2D eigenvalue weighted by molar-refractivity contribution is 9.10. The summed E-state index contributed by atoms with van der Waals surface area (Å²) in [5.41, 5.74) is 1.12. The van der Waals surface area contributed by atoms with E-state index >= 15 is 0 Å². The SMILES string of the molecule is COc1ccc(CC(=O)c2ccc(Cl)c(F)c2)cc1Br. The summed E-state index contributed by atoms with van der Waals surface area (Å²) in [5.74, 6) is -0.0650. The zero-order chi connectivity index (χ0) is 14.7. The summed E-state index contributed by atoms with van der Waals surface area (Å²) >= 11 is 8.95. The number of ether oxygens (including phenoxy) is 1. The first-order valence-electron chi connectivity index (χ1n) is 5.82. The number of ketones is 1. The first-order chi connectivity index (χ1) is 9.51. The number of hydrogen-bond acceptors (Lipinski definition) is 2. The van der Waals surface area contributed by atoms with Gasteiger partial charge in [-0.15, -0.1) is 0 Å². The topological polar surface area (TPSA) is 26.3 Å². The van der Waals surface area contributed by atoms with Gasteiger partial charge in [0, 0.05) is 12.0 Å². The van der Waals surface area contributed by atoms with E-state index in [2.05, 4.69) is 15.9 Å². The Balaban J connectivity index is 2.19. The summed E-state index contributed by atoms with van der Waals surface area (Å²) in [4.78, 5) is 12.1. The van der Waals surface area contributed by atoms with Gasteiger partial charge < -0.3 is 4.74 Å². The molecule has 0 aliphatic rings. The lowest BCUT2D eigenvalue weighted by Crippen LogP contribution is -2.04. The van der Waals surface area contributed by atoms with Crippen molar-refractivity contribution in [3.8, 4) is 5.75 Å². The van der Waals surface area contributed by atoms with E-state index in [-0.39, 0.29) is 17.2 Å². The molecule has 0 aliphatic carbocycles. The van der Waals surface area contributed by atoms with Crippen molar-refractivity contribution in [2.45, 2.75) is 6.42 Å². The van der Waals surface area contributed by atoms with Crippen LogP contribution in [-0.4, -0.2) is 12.9 Å². The number of methoxy groups -OCH3 is 1. The van der Waals surface area contributed by atoms with E-state index in [1.54, 1.807) is 19.2 Å². The normalized spacial score (nSPS) is 10.4. The largest absolute Gasteiger partial charge is 0.496 e. The molecule has 2 aromatic rings. The molecule has 0 spiro atoms. The highest BCUT2D eigenvalue weighted by Gasteiger charge is 2.11. The average molecular weight is 358 g/mol. The molecular weight excluding hydrogens is 347 g/mol. The maximum absolute atomic E-state index is 13.3. The Hall–Kier alpha value is -1.39. The van der Waals surface area contributed by atoms with Crippen molar-refractivity contribution < 1.29 is 13.9 Å². The smallest absolute Gasteiger partial charge is 0.167 e. The number of Topliss-reactive ketones (excluding diaryl/α,β-unsaturated/α-hetero) is 1. The number of rotatable bonds is 4. The summed E-state index contributed by atoms with van der Waals surface area (Å²) < 4.78 is 19.2. The molecule has 104 valence electrons. The molecule has 2 aromatic carbocycles. The third kappa shape index (κ3) is 3.38. The van der Waals surface area contributed by atoms with E-state index in [9.17, 15) is 9.18 Å². The minimum absolute atomic E-state index is 0.00809. The summed E-state index contributed by atoms with van der Waals surface area (Å²) in [7, 11) is 1.57. The van der Waals surface area contributed by atoms with Gasteiger partial charge in [0.2, 0.25) is 0 Å². The van der Waals surface area contributed by atoms with Crippen molar-refractivity contribution in [3.05, 3.63) is 62.8 Å². The molecule has 0 atom stereocenters. The summed E-state index contributed by atoms with van der Waals surface area (Å²) in [6.45, 7) is 0. The lowest BCUT2D eigenvalue weighted by Gasteiger charge is -2.06. The van der Waals surface area contributed by atoms with E-state index in [1.165, 1.54) is 12.1 Å². The van der Waals surface area contributed by atoms with Crippen molar-refractivity contribution in [2.75, 3.05) is 7.11 Å². The maximum Gasteiger partial charge on any atom is 0.167 e. The van der Waals surface area contributed by atoms with Crippen molar-refractivity contribution in [1.82, 2.24) is 0 Å². The van der Waals surface area contributed by atoms with Crippen LogP contribution in [0, 0.1) is 5.82 Å². The standard InChI is InChI=1S/C15H11BrClFO2/c1-20-15-5-2-9(6-11(15)16)7-14(19)10-3-4-12(17)13(18)8-10/h2-6,8H,7H2,1H3. The minimum atomic E-state index is -0.589. The van der Waals surface area contributed by atoms with E-state index in [1.807, 2.05) is 6.07 Å². The fourth-order valence-corrected chi connectivity index (χ4v) is 2.48.